The summed E-state index contributed by atoms with van der Waals surface area (Å²) in [6.45, 7) is 1.40. The average molecular weight is 316 g/mol. The third-order valence-electron chi connectivity index (χ3n) is 2.84. The number of aliphatic hydroxyl groups excluding tert-OH is 2. The molecule has 1 rings (SSSR count). The molecule has 0 aliphatic carbocycles. The number of ether oxygens (including phenoxy) is 1. The molecule has 0 heterocycles. The maximum Gasteiger partial charge on any atom is 0.340 e. The van der Waals surface area contributed by atoms with Crippen LogP contribution < -0.4 is 0 Å². The van der Waals surface area contributed by atoms with Crippen molar-refractivity contribution in [3.05, 3.63) is 35.1 Å². The summed E-state index contributed by atoms with van der Waals surface area (Å²) in [5, 5.41) is 19.7. The minimum absolute atomic E-state index is 0.101. The third-order valence-corrected chi connectivity index (χ3v) is 3.68. The molecule has 0 radical (unpaired) electrons. The number of hydrogen-bond donors (Lipinski definition) is 2. The molecule has 0 bridgehead atoms. The third kappa shape index (κ3) is 4.80. The number of benzene rings is 1. The van der Waals surface area contributed by atoms with Gasteiger partial charge in [-0.05, 0) is 12.5 Å². The average Bonchev–Trinajstić information content (AvgIpc) is 2.45. The van der Waals surface area contributed by atoms with Gasteiger partial charge >= 0.3 is 5.97 Å². The van der Waals surface area contributed by atoms with E-state index in [9.17, 15) is 24.2 Å². The molecular weight excluding hydrogens is 299 g/mol. The molecule has 0 spiro atoms. The number of aliphatic hydroxyl groups is 2. The maximum absolute atomic E-state index is 14.1. The molecule has 2 atom stereocenters. The molecule has 2 N–H and O–H groups in total. The molecule has 0 aliphatic rings. The molecule has 1 aromatic rings. The van der Waals surface area contributed by atoms with Crippen LogP contribution in [0.1, 0.15) is 35.4 Å². The van der Waals surface area contributed by atoms with E-state index in [4.69, 9.17) is 0 Å². The predicted molar refractivity (Wildman–Crippen MR) is 76.5 cm³/mol. The van der Waals surface area contributed by atoms with Crippen molar-refractivity contribution in [1.82, 2.24) is 0 Å². The standard InChI is InChI=1S/C14H17FO5S/c1-8(16)21-7-6-11(17)13(18)9-4-3-5-10(12(9)15)14(19)20-2/h3-5,11,13,17-18H,6-7H2,1-2H3. The van der Waals surface area contributed by atoms with Crippen LogP contribution in [-0.2, 0) is 9.53 Å². The van der Waals surface area contributed by atoms with E-state index in [1.165, 1.54) is 25.1 Å². The Morgan fingerprint density at radius 1 is 1.38 bits per heavy atom. The topological polar surface area (TPSA) is 83.8 Å². The lowest BCUT2D eigenvalue weighted by molar-refractivity contribution is -0.109. The first kappa shape index (κ1) is 17.6. The van der Waals surface area contributed by atoms with Crippen LogP contribution in [0.5, 0.6) is 0 Å². The van der Waals surface area contributed by atoms with Crippen LogP contribution in [0.4, 0.5) is 4.39 Å². The van der Waals surface area contributed by atoms with E-state index in [0.717, 1.165) is 18.9 Å². The molecule has 0 fully saturated rings. The number of esters is 1. The zero-order valence-electron chi connectivity index (χ0n) is 11.7. The monoisotopic (exact) mass is 316 g/mol. The molecule has 0 amide bonds. The lowest BCUT2D eigenvalue weighted by Gasteiger charge is -2.19. The first-order chi connectivity index (χ1) is 9.88. The summed E-state index contributed by atoms with van der Waals surface area (Å²) >= 11 is 1.01. The minimum atomic E-state index is -1.48. The normalized spacial score (nSPS) is 13.6. The Hall–Kier alpha value is -1.44. The molecule has 0 aromatic heterocycles. The van der Waals surface area contributed by atoms with Crippen LogP contribution in [-0.4, -0.2) is 40.3 Å². The molecule has 2 unspecified atom stereocenters. The van der Waals surface area contributed by atoms with Gasteiger partial charge in [0.1, 0.15) is 11.9 Å². The zero-order chi connectivity index (χ0) is 16.0. The Morgan fingerprint density at radius 2 is 2.05 bits per heavy atom. The van der Waals surface area contributed by atoms with Gasteiger partial charge in [-0.1, -0.05) is 23.9 Å². The zero-order valence-corrected chi connectivity index (χ0v) is 12.5. The quantitative estimate of drug-likeness (QED) is 0.777. The first-order valence-corrected chi connectivity index (χ1v) is 7.23. The maximum atomic E-state index is 14.1. The van der Waals surface area contributed by atoms with E-state index in [-0.39, 0.29) is 22.7 Å². The molecule has 1 aromatic carbocycles. The van der Waals surface area contributed by atoms with Gasteiger partial charge in [0.05, 0.1) is 18.8 Å². The highest BCUT2D eigenvalue weighted by molar-refractivity contribution is 8.13. The van der Waals surface area contributed by atoms with Crippen molar-refractivity contribution < 1.29 is 28.9 Å². The fraction of sp³-hybridized carbons (Fsp3) is 0.429. The smallest absolute Gasteiger partial charge is 0.340 e. The summed E-state index contributed by atoms with van der Waals surface area (Å²) in [5.41, 5.74) is -0.488. The van der Waals surface area contributed by atoms with Crippen molar-refractivity contribution in [3.63, 3.8) is 0 Å². The van der Waals surface area contributed by atoms with Gasteiger partial charge in [-0.3, -0.25) is 4.79 Å². The van der Waals surface area contributed by atoms with Crippen molar-refractivity contribution >= 4 is 22.8 Å². The summed E-state index contributed by atoms with van der Waals surface area (Å²) < 4.78 is 18.6. The number of methoxy groups -OCH3 is 1. The fourth-order valence-electron chi connectivity index (χ4n) is 1.73. The highest BCUT2D eigenvalue weighted by Crippen LogP contribution is 2.25. The summed E-state index contributed by atoms with van der Waals surface area (Å²) in [7, 11) is 1.12. The van der Waals surface area contributed by atoms with Crippen molar-refractivity contribution in [2.75, 3.05) is 12.9 Å². The summed E-state index contributed by atoms with van der Waals surface area (Å²) in [6, 6.07) is 3.91. The molecule has 0 aliphatic heterocycles. The lowest BCUT2D eigenvalue weighted by atomic mass is 9.99. The van der Waals surface area contributed by atoms with Crippen LogP contribution in [0, 0.1) is 5.82 Å². The summed E-state index contributed by atoms with van der Waals surface area (Å²) in [5.74, 6) is -1.47. The van der Waals surface area contributed by atoms with Crippen molar-refractivity contribution in [1.29, 1.82) is 0 Å². The van der Waals surface area contributed by atoms with E-state index >= 15 is 0 Å². The molecule has 0 saturated carbocycles. The Bertz CT molecular complexity index is 520. The number of rotatable bonds is 6. The highest BCUT2D eigenvalue weighted by atomic mass is 32.2. The Morgan fingerprint density at radius 3 is 2.62 bits per heavy atom. The number of hydrogen-bond acceptors (Lipinski definition) is 6. The lowest BCUT2D eigenvalue weighted by Crippen LogP contribution is -2.21. The van der Waals surface area contributed by atoms with Crippen LogP contribution in [0.3, 0.4) is 0 Å². The number of carbonyl (C=O) groups is 2. The van der Waals surface area contributed by atoms with E-state index in [1.54, 1.807) is 0 Å². The van der Waals surface area contributed by atoms with E-state index < -0.39 is 24.0 Å². The molecule has 0 saturated heterocycles. The second-order valence-electron chi connectivity index (χ2n) is 4.34. The van der Waals surface area contributed by atoms with Gasteiger partial charge in [0.15, 0.2) is 5.12 Å². The fourth-order valence-corrected chi connectivity index (χ4v) is 2.38. The summed E-state index contributed by atoms with van der Waals surface area (Å²) in [4.78, 5) is 22.2. The van der Waals surface area contributed by atoms with Gasteiger partial charge < -0.3 is 14.9 Å². The second-order valence-corrected chi connectivity index (χ2v) is 5.61. The highest BCUT2D eigenvalue weighted by Gasteiger charge is 2.24. The molecule has 7 heteroatoms. The van der Waals surface area contributed by atoms with E-state index in [1.807, 2.05) is 0 Å². The van der Waals surface area contributed by atoms with Crippen molar-refractivity contribution in [3.8, 4) is 0 Å². The van der Waals surface area contributed by atoms with Crippen molar-refractivity contribution in [2.24, 2.45) is 0 Å². The van der Waals surface area contributed by atoms with E-state index in [2.05, 4.69) is 4.74 Å². The van der Waals surface area contributed by atoms with Crippen LogP contribution in [0.25, 0.3) is 0 Å². The molecule has 5 nitrogen and oxygen atoms in total. The van der Waals surface area contributed by atoms with Gasteiger partial charge in [-0.15, -0.1) is 0 Å². The Kier molecular flexibility index (Phi) is 6.80. The van der Waals surface area contributed by atoms with Crippen LogP contribution in [0.15, 0.2) is 18.2 Å². The summed E-state index contributed by atoms with van der Waals surface area (Å²) in [6.07, 6.45) is -2.60. The van der Waals surface area contributed by atoms with Gasteiger partial charge in [-0.2, -0.15) is 0 Å². The Balaban J connectivity index is 2.84. The number of carbonyl (C=O) groups excluding carboxylic acids is 2. The molecule has 21 heavy (non-hydrogen) atoms. The van der Waals surface area contributed by atoms with Gasteiger partial charge in [-0.25, -0.2) is 9.18 Å². The second kappa shape index (κ2) is 8.11. The predicted octanol–water partition coefficient (Wildman–Crippen LogP) is 1.68. The Labute approximate surface area is 126 Å². The van der Waals surface area contributed by atoms with Crippen LogP contribution >= 0.6 is 11.8 Å². The van der Waals surface area contributed by atoms with Crippen molar-refractivity contribution in [2.45, 2.75) is 25.6 Å². The molecular formula is C14H17FO5S. The number of halogens is 1. The van der Waals surface area contributed by atoms with Crippen LogP contribution in [0.2, 0.25) is 0 Å². The van der Waals surface area contributed by atoms with Gasteiger partial charge in [0.2, 0.25) is 0 Å². The van der Waals surface area contributed by atoms with Gasteiger partial charge in [0, 0.05) is 18.2 Å². The number of thioether (sulfide) groups is 1. The van der Waals surface area contributed by atoms with Gasteiger partial charge in [0.25, 0.3) is 0 Å². The van der Waals surface area contributed by atoms with E-state index in [0.29, 0.717) is 5.75 Å². The minimum Gasteiger partial charge on any atom is -0.465 e. The first-order valence-electron chi connectivity index (χ1n) is 6.24. The SMILES string of the molecule is COC(=O)c1cccc(C(O)C(O)CCSC(C)=O)c1F. The molecule has 116 valence electrons. The largest absolute Gasteiger partial charge is 0.465 e.